The van der Waals surface area contributed by atoms with Crippen LogP contribution in [0.15, 0.2) is 41.8 Å². The first-order chi connectivity index (χ1) is 10.6. The highest BCUT2D eigenvalue weighted by Gasteiger charge is 2.15. The third-order valence-corrected chi connectivity index (χ3v) is 3.65. The molecule has 2 aromatic rings. The topological polar surface area (TPSA) is 84.5 Å². The minimum absolute atomic E-state index is 0.234. The van der Waals surface area contributed by atoms with Crippen molar-refractivity contribution in [2.24, 2.45) is 0 Å². The number of carbonyl (C=O) groups is 3. The molecule has 0 fully saturated rings. The number of rotatable bonds is 5. The quantitative estimate of drug-likeness (QED) is 0.825. The van der Waals surface area contributed by atoms with E-state index in [0.717, 1.165) is 0 Å². The van der Waals surface area contributed by atoms with Gasteiger partial charge in [0.2, 0.25) is 0 Å². The monoisotopic (exact) mass is 318 g/mol. The van der Waals surface area contributed by atoms with Gasteiger partial charge in [0.25, 0.3) is 11.8 Å². The Labute approximate surface area is 131 Å². The lowest BCUT2D eigenvalue weighted by atomic mass is 10.1. The van der Waals surface area contributed by atoms with E-state index in [-0.39, 0.29) is 18.0 Å². The molecule has 114 valence electrons. The van der Waals surface area contributed by atoms with Crippen molar-refractivity contribution in [1.29, 1.82) is 0 Å². The molecule has 0 spiro atoms. The molecule has 0 saturated heterocycles. The number of hydrogen-bond donors (Lipinski definition) is 2. The standard InChI is InChI=1S/C15H14N2O4S/c1-21-13(18)9-16-14(19)10-5-2-3-6-11(10)17-15(20)12-7-4-8-22-12/h2-8H,9H2,1H3,(H,16,19)(H,17,20). The Kier molecular flexibility index (Phi) is 5.26. The average molecular weight is 318 g/mol. The Hall–Kier alpha value is -2.67. The second-order valence-corrected chi connectivity index (χ2v) is 5.18. The zero-order chi connectivity index (χ0) is 15.9. The summed E-state index contributed by atoms with van der Waals surface area (Å²) in [5.41, 5.74) is 0.652. The molecule has 1 aromatic carbocycles. The molecule has 0 saturated carbocycles. The van der Waals surface area contributed by atoms with E-state index in [9.17, 15) is 14.4 Å². The van der Waals surface area contributed by atoms with Crippen LogP contribution in [0.1, 0.15) is 20.0 Å². The van der Waals surface area contributed by atoms with E-state index in [1.807, 2.05) is 0 Å². The van der Waals surface area contributed by atoms with Gasteiger partial charge in [0.15, 0.2) is 0 Å². The molecule has 0 aliphatic heterocycles. The van der Waals surface area contributed by atoms with Crippen LogP contribution in [0, 0.1) is 0 Å². The molecule has 2 amide bonds. The SMILES string of the molecule is COC(=O)CNC(=O)c1ccccc1NC(=O)c1cccs1. The Bertz CT molecular complexity index is 683. The second-order valence-electron chi connectivity index (χ2n) is 4.24. The molecule has 22 heavy (non-hydrogen) atoms. The Morgan fingerprint density at radius 2 is 1.86 bits per heavy atom. The van der Waals surface area contributed by atoms with Crippen molar-refractivity contribution >= 4 is 34.8 Å². The Morgan fingerprint density at radius 1 is 1.09 bits per heavy atom. The third kappa shape index (κ3) is 3.92. The zero-order valence-electron chi connectivity index (χ0n) is 11.8. The van der Waals surface area contributed by atoms with E-state index in [1.165, 1.54) is 18.4 Å². The summed E-state index contributed by atoms with van der Waals surface area (Å²) >= 11 is 1.31. The Balaban J connectivity index is 2.11. The van der Waals surface area contributed by atoms with Crippen LogP contribution in [0.3, 0.4) is 0 Å². The van der Waals surface area contributed by atoms with Crippen molar-refractivity contribution in [2.45, 2.75) is 0 Å². The first kappa shape index (κ1) is 15.7. The molecule has 2 rings (SSSR count). The van der Waals surface area contributed by atoms with Crippen LogP contribution in [-0.2, 0) is 9.53 Å². The maximum Gasteiger partial charge on any atom is 0.325 e. The summed E-state index contributed by atoms with van der Waals surface area (Å²) in [6.45, 7) is -0.234. The predicted molar refractivity (Wildman–Crippen MR) is 83.1 cm³/mol. The largest absolute Gasteiger partial charge is 0.468 e. The predicted octanol–water partition coefficient (Wildman–Crippen LogP) is 1.90. The summed E-state index contributed by atoms with van der Waals surface area (Å²) in [5.74, 6) is -1.30. The van der Waals surface area contributed by atoms with E-state index in [1.54, 1.807) is 41.8 Å². The molecule has 2 N–H and O–H groups in total. The summed E-state index contributed by atoms with van der Waals surface area (Å²) in [6.07, 6.45) is 0. The van der Waals surface area contributed by atoms with Crippen molar-refractivity contribution < 1.29 is 19.1 Å². The zero-order valence-corrected chi connectivity index (χ0v) is 12.6. The van der Waals surface area contributed by atoms with Gasteiger partial charge in [0.1, 0.15) is 6.54 Å². The van der Waals surface area contributed by atoms with Gasteiger partial charge in [-0.3, -0.25) is 14.4 Å². The lowest BCUT2D eigenvalue weighted by Gasteiger charge is -2.10. The molecule has 7 heteroatoms. The van der Waals surface area contributed by atoms with Crippen LogP contribution in [-0.4, -0.2) is 31.4 Å². The fourth-order valence-corrected chi connectivity index (χ4v) is 2.32. The molecular formula is C15H14N2O4S. The number of benzene rings is 1. The van der Waals surface area contributed by atoms with Gasteiger partial charge < -0.3 is 15.4 Å². The van der Waals surface area contributed by atoms with E-state index in [0.29, 0.717) is 10.6 Å². The van der Waals surface area contributed by atoms with Gasteiger partial charge in [0.05, 0.1) is 23.2 Å². The van der Waals surface area contributed by atoms with Gasteiger partial charge in [0, 0.05) is 0 Å². The van der Waals surface area contributed by atoms with Crippen molar-refractivity contribution in [3.05, 3.63) is 52.2 Å². The van der Waals surface area contributed by atoms with E-state index in [2.05, 4.69) is 15.4 Å². The molecular weight excluding hydrogens is 304 g/mol. The lowest BCUT2D eigenvalue weighted by molar-refractivity contribution is -0.139. The normalized spacial score (nSPS) is 9.86. The third-order valence-electron chi connectivity index (χ3n) is 2.79. The van der Waals surface area contributed by atoms with Crippen LogP contribution in [0.4, 0.5) is 5.69 Å². The number of para-hydroxylation sites is 1. The number of ether oxygens (including phenoxy) is 1. The average Bonchev–Trinajstić information content (AvgIpc) is 3.07. The van der Waals surface area contributed by atoms with Gasteiger partial charge in [-0.1, -0.05) is 18.2 Å². The molecule has 0 radical (unpaired) electrons. The second kappa shape index (κ2) is 7.37. The van der Waals surface area contributed by atoms with Crippen LogP contribution in [0.5, 0.6) is 0 Å². The van der Waals surface area contributed by atoms with E-state index >= 15 is 0 Å². The molecule has 0 unspecified atom stereocenters. The van der Waals surface area contributed by atoms with Crippen LogP contribution < -0.4 is 10.6 Å². The molecule has 0 bridgehead atoms. The summed E-state index contributed by atoms with van der Waals surface area (Å²) in [6, 6.07) is 10.0. The molecule has 0 aliphatic carbocycles. The van der Waals surface area contributed by atoms with Crippen LogP contribution in [0.2, 0.25) is 0 Å². The van der Waals surface area contributed by atoms with Gasteiger partial charge in [-0.2, -0.15) is 0 Å². The first-order valence-electron chi connectivity index (χ1n) is 6.40. The molecule has 1 aromatic heterocycles. The van der Waals surface area contributed by atoms with Crippen LogP contribution in [0.25, 0.3) is 0 Å². The Morgan fingerprint density at radius 3 is 2.55 bits per heavy atom. The number of esters is 1. The minimum Gasteiger partial charge on any atom is -0.468 e. The number of nitrogens with one attached hydrogen (secondary N) is 2. The van der Waals surface area contributed by atoms with Gasteiger partial charge in [-0.25, -0.2) is 0 Å². The highest BCUT2D eigenvalue weighted by molar-refractivity contribution is 7.12. The molecule has 0 atom stereocenters. The van der Waals surface area contributed by atoms with Crippen molar-refractivity contribution in [1.82, 2.24) is 5.32 Å². The van der Waals surface area contributed by atoms with Gasteiger partial charge >= 0.3 is 5.97 Å². The number of thiophene rings is 1. The van der Waals surface area contributed by atoms with Gasteiger partial charge in [-0.15, -0.1) is 11.3 Å². The maximum absolute atomic E-state index is 12.1. The lowest BCUT2D eigenvalue weighted by Crippen LogP contribution is -2.30. The van der Waals surface area contributed by atoms with Crippen molar-refractivity contribution in [3.63, 3.8) is 0 Å². The molecule has 0 aliphatic rings. The highest BCUT2D eigenvalue weighted by atomic mass is 32.1. The number of anilines is 1. The van der Waals surface area contributed by atoms with Gasteiger partial charge in [-0.05, 0) is 23.6 Å². The fraction of sp³-hybridized carbons (Fsp3) is 0.133. The van der Waals surface area contributed by atoms with E-state index in [4.69, 9.17) is 0 Å². The highest BCUT2D eigenvalue weighted by Crippen LogP contribution is 2.17. The summed E-state index contributed by atoms with van der Waals surface area (Å²) < 4.78 is 4.46. The smallest absolute Gasteiger partial charge is 0.325 e. The van der Waals surface area contributed by atoms with Crippen molar-refractivity contribution in [3.8, 4) is 0 Å². The number of carbonyl (C=O) groups excluding carboxylic acids is 3. The summed E-state index contributed by atoms with van der Waals surface area (Å²) in [7, 11) is 1.24. The number of methoxy groups -OCH3 is 1. The summed E-state index contributed by atoms with van der Waals surface area (Å²) in [4.78, 5) is 35.7. The number of amides is 2. The van der Waals surface area contributed by atoms with Crippen LogP contribution >= 0.6 is 11.3 Å². The van der Waals surface area contributed by atoms with Crippen molar-refractivity contribution in [2.75, 3.05) is 19.0 Å². The molecule has 1 heterocycles. The first-order valence-corrected chi connectivity index (χ1v) is 7.28. The number of hydrogen-bond acceptors (Lipinski definition) is 5. The fourth-order valence-electron chi connectivity index (χ4n) is 1.70. The van der Waals surface area contributed by atoms with E-state index < -0.39 is 11.9 Å². The summed E-state index contributed by atoms with van der Waals surface area (Å²) in [5, 5.41) is 6.92. The minimum atomic E-state index is -0.548. The molecule has 6 nitrogen and oxygen atoms in total. The maximum atomic E-state index is 12.1.